The van der Waals surface area contributed by atoms with Crippen LogP contribution < -0.4 is 4.90 Å². The van der Waals surface area contributed by atoms with Crippen LogP contribution in [-0.2, 0) is 9.57 Å². The van der Waals surface area contributed by atoms with Crippen molar-refractivity contribution in [3.05, 3.63) is 29.1 Å². The third-order valence-corrected chi connectivity index (χ3v) is 4.00. The zero-order valence-electron chi connectivity index (χ0n) is 16.4. The van der Waals surface area contributed by atoms with Crippen molar-refractivity contribution in [1.82, 2.24) is 14.9 Å². The lowest BCUT2D eigenvalue weighted by atomic mass is 10.2. The van der Waals surface area contributed by atoms with Gasteiger partial charge in [0.1, 0.15) is 11.2 Å². The minimum Gasteiger partial charge on any atom is -0.444 e. The lowest BCUT2D eigenvalue weighted by molar-refractivity contribution is -0.0756. The predicted molar refractivity (Wildman–Crippen MR) is 99.6 cm³/mol. The summed E-state index contributed by atoms with van der Waals surface area (Å²) in [5.74, 6) is 0.267. The molecule has 0 spiro atoms. The van der Waals surface area contributed by atoms with Gasteiger partial charge in [0.2, 0.25) is 5.82 Å². The number of carbonyl (C=O) groups is 2. The van der Waals surface area contributed by atoms with Crippen LogP contribution in [0.4, 0.5) is 16.4 Å². The molecule has 146 valence electrons. The minimum absolute atomic E-state index is 0.205. The molecule has 9 heteroatoms. The number of hydrogen-bond acceptors (Lipinski definition) is 6. The van der Waals surface area contributed by atoms with Crippen LogP contribution in [-0.4, -0.2) is 72.9 Å². The van der Waals surface area contributed by atoms with E-state index >= 15 is 0 Å². The SMILES string of the molecule is [C-]#[N+]c1ccc(C(=O)N(C)OC)c(N2CCN(C(=O)OC(C)(C)C)CC2)n1. The third-order valence-electron chi connectivity index (χ3n) is 4.00. The van der Waals surface area contributed by atoms with E-state index in [9.17, 15) is 9.59 Å². The van der Waals surface area contributed by atoms with Gasteiger partial charge in [0.05, 0.1) is 7.11 Å². The monoisotopic (exact) mass is 375 g/mol. The number of rotatable bonds is 3. The quantitative estimate of drug-likeness (QED) is 0.596. The molecular formula is C18H25N5O4. The van der Waals surface area contributed by atoms with Gasteiger partial charge in [-0.1, -0.05) is 12.6 Å². The van der Waals surface area contributed by atoms with E-state index < -0.39 is 5.60 Å². The van der Waals surface area contributed by atoms with E-state index in [-0.39, 0.29) is 17.8 Å². The van der Waals surface area contributed by atoms with E-state index in [2.05, 4.69) is 9.83 Å². The second-order valence-corrected chi connectivity index (χ2v) is 7.09. The van der Waals surface area contributed by atoms with Gasteiger partial charge >= 0.3 is 6.09 Å². The van der Waals surface area contributed by atoms with Gasteiger partial charge in [-0.05, 0) is 26.8 Å². The molecule has 0 bridgehead atoms. The van der Waals surface area contributed by atoms with Crippen molar-refractivity contribution in [1.29, 1.82) is 0 Å². The number of pyridine rings is 1. The van der Waals surface area contributed by atoms with Gasteiger partial charge in [-0.2, -0.15) is 0 Å². The Bertz CT molecular complexity index is 745. The zero-order chi connectivity index (χ0) is 20.2. The molecule has 0 saturated carbocycles. The number of amides is 2. The highest BCUT2D eigenvalue weighted by molar-refractivity contribution is 5.98. The summed E-state index contributed by atoms with van der Waals surface area (Å²) in [6.45, 7) is 14.5. The molecule has 1 aromatic heterocycles. The number of aromatic nitrogens is 1. The first-order valence-electron chi connectivity index (χ1n) is 8.60. The number of anilines is 1. The molecule has 0 unspecified atom stereocenters. The number of piperazine rings is 1. The standard InChI is InChI=1S/C18H25N5O4/c1-18(2,3)27-17(25)23-11-9-22(10-12-23)15-13(16(24)21(5)26-6)7-8-14(19-4)20-15/h7-8H,9-12H2,1-3,5-6H3. The largest absolute Gasteiger partial charge is 0.444 e. The van der Waals surface area contributed by atoms with Crippen molar-refractivity contribution in [2.24, 2.45) is 0 Å². The molecule has 2 amide bonds. The lowest BCUT2D eigenvalue weighted by Crippen LogP contribution is -2.50. The van der Waals surface area contributed by atoms with Gasteiger partial charge in [0.25, 0.3) is 11.7 Å². The second-order valence-electron chi connectivity index (χ2n) is 7.09. The Morgan fingerprint density at radius 1 is 1.22 bits per heavy atom. The summed E-state index contributed by atoms with van der Waals surface area (Å²) in [5.41, 5.74) is -0.207. The summed E-state index contributed by atoms with van der Waals surface area (Å²) >= 11 is 0. The molecule has 0 N–H and O–H groups in total. The van der Waals surface area contributed by atoms with E-state index in [0.29, 0.717) is 37.6 Å². The molecule has 1 aliphatic heterocycles. The summed E-state index contributed by atoms with van der Waals surface area (Å²) < 4.78 is 5.40. The van der Waals surface area contributed by atoms with Crippen LogP contribution in [0.15, 0.2) is 12.1 Å². The Balaban J connectivity index is 2.18. The Kier molecular flexibility index (Phi) is 6.23. The summed E-state index contributed by atoms with van der Waals surface area (Å²) in [5, 5.41) is 1.11. The molecule has 0 aromatic carbocycles. The van der Waals surface area contributed by atoms with E-state index in [0.717, 1.165) is 5.06 Å². The molecule has 2 rings (SSSR count). The highest BCUT2D eigenvalue weighted by Gasteiger charge is 2.30. The maximum Gasteiger partial charge on any atom is 0.410 e. The van der Waals surface area contributed by atoms with Crippen LogP contribution in [0.5, 0.6) is 0 Å². The first-order chi connectivity index (χ1) is 12.7. The Labute approximate surface area is 159 Å². The van der Waals surface area contributed by atoms with Crippen molar-refractivity contribution < 1.29 is 19.2 Å². The van der Waals surface area contributed by atoms with Gasteiger partial charge in [0, 0.05) is 33.2 Å². The van der Waals surface area contributed by atoms with E-state index in [1.807, 2.05) is 25.7 Å². The molecule has 1 saturated heterocycles. The van der Waals surface area contributed by atoms with E-state index in [1.165, 1.54) is 20.2 Å². The molecule has 1 aromatic rings. The minimum atomic E-state index is -0.552. The molecule has 0 aliphatic carbocycles. The molecule has 2 heterocycles. The maximum absolute atomic E-state index is 12.5. The normalized spacial score (nSPS) is 14.5. The van der Waals surface area contributed by atoms with Crippen molar-refractivity contribution in [2.45, 2.75) is 26.4 Å². The fourth-order valence-corrected chi connectivity index (χ4v) is 2.59. The Hall–Kier alpha value is -2.86. The van der Waals surface area contributed by atoms with Gasteiger partial charge in [-0.25, -0.2) is 9.86 Å². The molecule has 1 fully saturated rings. The average Bonchev–Trinajstić information content (AvgIpc) is 2.65. The first kappa shape index (κ1) is 20.5. The summed E-state index contributed by atoms with van der Waals surface area (Å²) in [6, 6.07) is 3.08. The van der Waals surface area contributed by atoms with Crippen LogP contribution >= 0.6 is 0 Å². The van der Waals surface area contributed by atoms with Gasteiger partial charge in [-0.3, -0.25) is 9.63 Å². The average molecular weight is 375 g/mol. The zero-order valence-corrected chi connectivity index (χ0v) is 16.4. The highest BCUT2D eigenvalue weighted by Crippen LogP contribution is 2.25. The number of ether oxygens (including phenoxy) is 1. The van der Waals surface area contributed by atoms with Crippen LogP contribution in [0, 0.1) is 6.57 Å². The Morgan fingerprint density at radius 3 is 2.37 bits per heavy atom. The molecule has 27 heavy (non-hydrogen) atoms. The predicted octanol–water partition coefficient (Wildman–Crippen LogP) is 2.32. The topological polar surface area (TPSA) is 79.6 Å². The Morgan fingerprint density at radius 2 is 1.85 bits per heavy atom. The van der Waals surface area contributed by atoms with Gasteiger partial charge in [-0.15, -0.1) is 4.98 Å². The fraction of sp³-hybridized carbons (Fsp3) is 0.556. The fourth-order valence-electron chi connectivity index (χ4n) is 2.59. The molecule has 9 nitrogen and oxygen atoms in total. The first-order valence-corrected chi connectivity index (χ1v) is 8.60. The third kappa shape index (κ3) is 5.08. The summed E-state index contributed by atoms with van der Waals surface area (Å²) in [6.07, 6.45) is -0.361. The van der Waals surface area contributed by atoms with Gasteiger partial charge < -0.3 is 19.4 Å². The molecular weight excluding hydrogens is 350 g/mol. The number of hydrogen-bond donors (Lipinski definition) is 0. The summed E-state index contributed by atoms with van der Waals surface area (Å²) in [4.78, 5) is 40.9. The van der Waals surface area contributed by atoms with E-state index in [4.69, 9.17) is 16.1 Å². The van der Waals surface area contributed by atoms with Crippen LogP contribution in [0.25, 0.3) is 4.85 Å². The van der Waals surface area contributed by atoms with Gasteiger partial charge in [0.15, 0.2) is 0 Å². The maximum atomic E-state index is 12.5. The number of nitrogens with zero attached hydrogens (tertiary/aromatic N) is 5. The van der Waals surface area contributed by atoms with Crippen molar-refractivity contribution in [3.8, 4) is 0 Å². The lowest BCUT2D eigenvalue weighted by Gasteiger charge is -2.35. The second kappa shape index (κ2) is 8.22. The number of hydroxylamine groups is 2. The van der Waals surface area contributed by atoms with Crippen molar-refractivity contribution in [2.75, 3.05) is 45.2 Å². The highest BCUT2D eigenvalue weighted by atomic mass is 16.7. The van der Waals surface area contributed by atoms with Crippen molar-refractivity contribution in [3.63, 3.8) is 0 Å². The molecule has 0 atom stereocenters. The van der Waals surface area contributed by atoms with Crippen LogP contribution in [0.3, 0.4) is 0 Å². The van der Waals surface area contributed by atoms with Crippen LogP contribution in [0.2, 0.25) is 0 Å². The molecule has 1 aliphatic rings. The van der Waals surface area contributed by atoms with Crippen molar-refractivity contribution >= 4 is 23.6 Å². The summed E-state index contributed by atoms with van der Waals surface area (Å²) in [7, 11) is 2.91. The van der Waals surface area contributed by atoms with Crippen LogP contribution in [0.1, 0.15) is 31.1 Å². The number of carbonyl (C=O) groups excluding carboxylic acids is 2. The van der Waals surface area contributed by atoms with E-state index in [1.54, 1.807) is 11.0 Å². The molecule has 0 radical (unpaired) electrons. The smallest absolute Gasteiger partial charge is 0.410 e.